The first-order valence-electron chi connectivity index (χ1n) is 8.77. The lowest BCUT2D eigenvalue weighted by atomic mass is 10.1. The van der Waals surface area contributed by atoms with E-state index in [0.29, 0.717) is 21.5 Å². The van der Waals surface area contributed by atoms with Gasteiger partial charge in [0, 0.05) is 23.3 Å². The van der Waals surface area contributed by atoms with E-state index in [4.69, 9.17) is 0 Å². The van der Waals surface area contributed by atoms with E-state index in [1.165, 1.54) is 16.6 Å². The Kier molecular flexibility index (Phi) is 4.22. The van der Waals surface area contributed by atoms with Crippen LogP contribution in [0.3, 0.4) is 0 Å². The number of hydrogen-bond donors (Lipinski definition) is 1. The summed E-state index contributed by atoms with van der Waals surface area (Å²) in [5.74, 6) is 0.395. The van der Waals surface area contributed by atoms with Crippen molar-refractivity contribution < 1.29 is 9.85 Å². The van der Waals surface area contributed by atoms with Crippen molar-refractivity contribution >= 4 is 27.7 Å². The Morgan fingerprint density at radius 1 is 0.903 bits per heavy atom. The normalized spacial score (nSPS) is 11.1. The Labute approximate surface area is 176 Å². The summed E-state index contributed by atoms with van der Waals surface area (Å²) in [5, 5.41) is 42.5. The molecule has 0 saturated carbocycles. The van der Waals surface area contributed by atoms with Crippen molar-refractivity contribution in [2.75, 3.05) is 0 Å². The van der Waals surface area contributed by atoms with Crippen LogP contribution >= 0.6 is 11.3 Å². The van der Waals surface area contributed by atoms with E-state index in [1.807, 2.05) is 36.4 Å². The number of rotatable bonds is 5. The number of H-pyrrole nitrogens is 1. The Hall–Kier alpha value is -4.52. The first-order chi connectivity index (χ1) is 15.0. The molecular weight excluding hydrogens is 424 g/mol. The fourth-order valence-electron chi connectivity index (χ4n) is 3.02. The third-order valence-electron chi connectivity index (χ3n) is 4.45. The van der Waals surface area contributed by atoms with Crippen LogP contribution in [0.25, 0.3) is 38.3 Å². The number of nitrogens with one attached hydrogen (secondary N) is 1. The van der Waals surface area contributed by atoms with Crippen LogP contribution in [0.2, 0.25) is 0 Å². The maximum atomic E-state index is 11.2. The minimum absolute atomic E-state index is 0.247. The summed E-state index contributed by atoms with van der Waals surface area (Å²) < 4.78 is 1.47. The highest BCUT2D eigenvalue weighted by atomic mass is 32.1. The quantitative estimate of drug-likeness (QED) is 0.324. The molecule has 5 aromatic rings. The molecule has 0 unspecified atom stereocenters. The summed E-state index contributed by atoms with van der Waals surface area (Å²) in [6.07, 6.45) is 0. The molecule has 0 aliphatic heterocycles. The maximum absolute atomic E-state index is 11.2. The SMILES string of the molecule is O=[N+]([O-])c1cc(-c2nn3c(-c4cc(-c5ccccc5)n[nH]4)nnc3s2)cc([N+](=O)[O-])c1. The van der Waals surface area contributed by atoms with E-state index >= 15 is 0 Å². The number of nitro groups is 2. The van der Waals surface area contributed by atoms with E-state index in [2.05, 4.69) is 25.5 Å². The third kappa shape index (κ3) is 3.28. The number of benzene rings is 2. The van der Waals surface area contributed by atoms with Gasteiger partial charge in [-0.1, -0.05) is 41.7 Å². The van der Waals surface area contributed by atoms with Gasteiger partial charge in [-0.05, 0) is 6.07 Å². The number of aromatic amines is 1. The molecule has 0 bridgehead atoms. The Morgan fingerprint density at radius 2 is 1.61 bits per heavy atom. The zero-order chi connectivity index (χ0) is 21.5. The Balaban J connectivity index is 1.58. The van der Waals surface area contributed by atoms with Crippen molar-refractivity contribution in [3.63, 3.8) is 0 Å². The zero-order valence-electron chi connectivity index (χ0n) is 15.4. The summed E-state index contributed by atoms with van der Waals surface area (Å²) in [5.41, 5.74) is 1.68. The summed E-state index contributed by atoms with van der Waals surface area (Å²) in [6, 6.07) is 14.8. The van der Waals surface area contributed by atoms with E-state index in [0.717, 1.165) is 28.7 Å². The van der Waals surface area contributed by atoms with Gasteiger partial charge in [-0.2, -0.15) is 14.7 Å². The molecule has 0 aliphatic rings. The number of aromatic nitrogens is 6. The standard InChI is InChI=1S/C18H10N8O4S/c27-25(28)12-6-11(7-13(8-12)26(29)30)17-23-24-16(21-22-18(24)31-17)15-9-14(19-20-15)10-4-2-1-3-5-10/h1-9H,(H,19,20). The number of non-ortho nitro benzene ring substituents is 2. The number of fused-ring (bicyclic) bond motifs is 1. The summed E-state index contributed by atoms with van der Waals surface area (Å²) in [6.45, 7) is 0. The maximum Gasteiger partial charge on any atom is 0.277 e. The molecule has 0 saturated heterocycles. The third-order valence-corrected chi connectivity index (χ3v) is 5.40. The fourth-order valence-corrected chi connectivity index (χ4v) is 3.85. The summed E-state index contributed by atoms with van der Waals surface area (Å²) in [7, 11) is 0. The first kappa shape index (κ1) is 18.5. The van der Waals surface area contributed by atoms with Gasteiger partial charge in [0.25, 0.3) is 11.4 Å². The van der Waals surface area contributed by atoms with Gasteiger partial charge in [0.15, 0.2) is 0 Å². The molecule has 0 atom stereocenters. The molecule has 152 valence electrons. The van der Waals surface area contributed by atoms with Crippen LogP contribution in [0.5, 0.6) is 0 Å². The van der Waals surface area contributed by atoms with Crippen LogP contribution in [-0.2, 0) is 0 Å². The van der Waals surface area contributed by atoms with E-state index < -0.39 is 21.2 Å². The second kappa shape index (κ2) is 7.07. The Morgan fingerprint density at radius 3 is 2.29 bits per heavy atom. The molecule has 0 radical (unpaired) electrons. The van der Waals surface area contributed by atoms with Gasteiger partial charge in [-0.3, -0.25) is 25.3 Å². The smallest absolute Gasteiger partial charge is 0.274 e. The highest BCUT2D eigenvalue weighted by molar-refractivity contribution is 7.19. The first-order valence-corrected chi connectivity index (χ1v) is 9.59. The molecule has 31 heavy (non-hydrogen) atoms. The van der Waals surface area contributed by atoms with Gasteiger partial charge >= 0.3 is 0 Å². The highest BCUT2D eigenvalue weighted by Gasteiger charge is 2.21. The Bertz CT molecular complexity index is 1420. The molecular formula is C18H10N8O4S. The fraction of sp³-hybridized carbons (Fsp3) is 0. The average molecular weight is 434 g/mol. The topological polar surface area (TPSA) is 158 Å². The lowest BCUT2D eigenvalue weighted by molar-refractivity contribution is -0.394. The molecule has 12 nitrogen and oxygen atoms in total. The lowest BCUT2D eigenvalue weighted by Gasteiger charge is -1.98. The van der Waals surface area contributed by atoms with Gasteiger partial charge in [-0.15, -0.1) is 10.2 Å². The molecule has 0 amide bonds. The molecule has 13 heteroatoms. The van der Waals surface area contributed by atoms with E-state index in [1.54, 1.807) is 0 Å². The van der Waals surface area contributed by atoms with Crippen LogP contribution in [0, 0.1) is 20.2 Å². The molecule has 3 aromatic heterocycles. The molecule has 3 heterocycles. The molecule has 5 rings (SSSR count). The van der Waals surface area contributed by atoms with Crippen LogP contribution in [-0.4, -0.2) is 39.9 Å². The molecule has 2 aromatic carbocycles. The van der Waals surface area contributed by atoms with Crippen molar-refractivity contribution in [1.82, 2.24) is 30.0 Å². The van der Waals surface area contributed by atoms with E-state index in [9.17, 15) is 20.2 Å². The van der Waals surface area contributed by atoms with Crippen molar-refractivity contribution in [2.24, 2.45) is 0 Å². The number of hydrogen-bond acceptors (Lipinski definition) is 9. The minimum Gasteiger partial charge on any atom is -0.274 e. The predicted octanol–water partition coefficient (Wildman–Crippen LogP) is 3.73. The average Bonchev–Trinajstić information content (AvgIpc) is 3.49. The second-order valence-corrected chi connectivity index (χ2v) is 7.37. The van der Waals surface area contributed by atoms with Crippen LogP contribution in [0.15, 0.2) is 54.6 Å². The van der Waals surface area contributed by atoms with Crippen LogP contribution in [0.1, 0.15) is 0 Å². The summed E-state index contributed by atoms with van der Waals surface area (Å²) >= 11 is 1.11. The predicted molar refractivity (Wildman–Crippen MR) is 110 cm³/mol. The van der Waals surface area contributed by atoms with Crippen molar-refractivity contribution in [2.45, 2.75) is 0 Å². The lowest BCUT2D eigenvalue weighted by Crippen LogP contribution is -1.95. The minimum atomic E-state index is -0.683. The molecule has 0 aliphatic carbocycles. The van der Waals surface area contributed by atoms with Gasteiger partial charge in [0.1, 0.15) is 10.7 Å². The van der Waals surface area contributed by atoms with Gasteiger partial charge in [-0.25, -0.2) is 0 Å². The number of nitrogens with zero attached hydrogens (tertiary/aromatic N) is 7. The van der Waals surface area contributed by atoms with Crippen molar-refractivity contribution in [3.8, 4) is 33.3 Å². The van der Waals surface area contributed by atoms with Gasteiger partial charge in [0.2, 0.25) is 10.8 Å². The van der Waals surface area contributed by atoms with E-state index in [-0.39, 0.29) is 5.56 Å². The van der Waals surface area contributed by atoms with Crippen molar-refractivity contribution in [3.05, 3.63) is 74.8 Å². The largest absolute Gasteiger partial charge is 0.277 e. The monoisotopic (exact) mass is 434 g/mol. The summed E-state index contributed by atoms with van der Waals surface area (Å²) in [4.78, 5) is 21.4. The van der Waals surface area contributed by atoms with Crippen molar-refractivity contribution in [1.29, 1.82) is 0 Å². The zero-order valence-corrected chi connectivity index (χ0v) is 16.2. The molecule has 0 fully saturated rings. The second-order valence-electron chi connectivity index (χ2n) is 6.41. The van der Waals surface area contributed by atoms with Gasteiger partial charge in [0.05, 0.1) is 21.6 Å². The van der Waals surface area contributed by atoms with Crippen LogP contribution in [0.4, 0.5) is 11.4 Å². The van der Waals surface area contributed by atoms with Gasteiger partial charge < -0.3 is 0 Å². The molecule has 1 N–H and O–H groups in total. The number of nitro benzene ring substituents is 2. The molecule has 0 spiro atoms. The highest BCUT2D eigenvalue weighted by Crippen LogP contribution is 2.33. The van der Waals surface area contributed by atoms with Crippen LogP contribution < -0.4 is 0 Å².